The minimum absolute atomic E-state index is 0.275. The fourth-order valence-electron chi connectivity index (χ4n) is 3.94. The van der Waals surface area contributed by atoms with Crippen LogP contribution < -0.4 is 10.1 Å². The number of hydrogen-bond donors (Lipinski definition) is 1. The van der Waals surface area contributed by atoms with Crippen molar-refractivity contribution in [2.75, 3.05) is 33.3 Å². The highest BCUT2D eigenvalue weighted by atomic mass is 16.5. The third-order valence-corrected chi connectivity index (χ3v) is 5.45. The molecule has 2 aliphatic rings. The maximum absolute atomic E-state index is 13.3. The molecule has 1 unspecified atom stereocenters. The number of nitrogens with one attached hydrogen (secondary N) is 1. The van der Waals surface area contributed by atoms with Crippen LogP contribution in [0.3, 0.4) is 0 Å². The Kier molecular flexibility index (Phi) is 4.21. The lowest BCUT2D eigenvalue weighted by Crippen LogP contribution is -2.63. The molecule has 1 N–H and O–H groups in total. The van der Waals surface area contributed by atoms with Crippen LogP contribution in [0, 0.1) is 5.41 Å². The lowest BCUT2D eigenvalue weighted by molar-refractivity contribution is -0.144. The molecule has 2 fully saturated rings. The number of methoxy groups -OCH3 is 1. The van der Waals surface area contributed by atoms with E-state index in [-0.39, 0.29) is 11.3 Å². The average molecular weight is 340 g/mol. The first-order valence-electron chi connectivity index (χ1n) is 8.81. The molecule has 0 radical (unpaired) electrons. The molecule has 4 rings (SSSR count). The molecule has 132 valence electrons. The summed E-state index contributed by atoms with van der Waals surface area (Å²) >= 11 is 0. The second-order valence-corrected chi connectivity index (χ2v) is 7.12. The summed E-state index contributed by atoms with van der Waals surface area (Å²) in [5.74, 6) is 1.12. The van der Waals surface area contributed by atoms with Gasteiger partial charge in [0.25, 0.3) is 0 Å². The molecule has 0 aliphatic carbocycles. The van der Waals surface area contributed by atoms with E-state index in [1.54, 1.807) is 13.3 Å². The van der Waals surface area contributed by atoms with Crippen LogP contribution in [-0.4, -0.2) is 53.6 Å². The van der Waals surface area contributed by atoms with Crippen LogP contribution in [0.2, 0.25) is 0 Å². The lowest BCUT2D eigenvalue weighted by atomic mass is 9.75. The zero-order valence-corrected chi connectivity index (χ0v) is 14.5. The molecule has 3 heterocycles. The minimum Gasteiger partial charge on any atom is -0.497 e. The molecule has 0 saturated carbocycles. The highest BCUT2D eigenvalue weighted by molar-refractivity contribution is 5.85. The van der Waals surface area contributed by atoms with Crippen molar-refractivity contribution >= 4 is 5.91 Å². The number of nitrogens with zero attached hydrogens (tertiary/aromatic N) is 3. The molecule has 25 heavy (non-hydrogen) atoms. The normalized spacial score (nSPS) is 21.8. The number of hydrogen-bond acceptors (Lipinski definition) is 4. The number of carbonyl (C=O) groups is 1. The third kappa shape index (κ3) is 3.02. The Balaban J connectivity index is 1.47. The van der Waals surface area contributed by atoms with Gasteiger partial charge in [-0.3, -0.25) is 4.79 Å². The molecule has 2 aromatic rings. The summed E-state index contributed by atoms with van der Waals surface area (Å²) in [7, 11) is 1.67. The molecule has 2 aliphatic heterocycles. The SMILES string of the molecule is COc1cccc(CC2(C(=O)N3CCC(n4ccnc4)C3)CNC2)c1. The van der Waals surface area contributed by atoms with Crippen LogP contribution >= 0.6 is 0 Å². The van der Waals surface area contributed by atoms with E-state index in [2.05, 4.69) is 20.9 Å². The van der Waals surface area contributed by atoms with Gasteiger partial charge in [-0.1, -0.05) is 12.1 Å². The summed E-state index contributed by atoms with van der Waals surface area (Å²) in [6.45, 7) is 3.08. The predicted molar refractivity (Wildman–Crippen MR) is 94.5 cm³/mol. The van der Waals surface area contributed by atoms with Crippen LogP contribution in [0.5, 0.6) is 5.75 Å². The van der Waals surface area contributed by atoms with Crippen molar-refractivity contribution in [2.24, 2.45) is 5.41 Å². The molecule has 0 spiro atoms. The van der Waals surface area contributed by atoms with Crippen molar-refractivity contribution in [1.29, 1.82) is 0 Å². The summed E-state index contributed by atoms with van der Waals surface area (Å²) in [4.78, 5) is 19.4. The topological polar surface area (TPSA) is 59.4 Å². The lowest BCUT2D eigenvalue weighted by Gasteiger charge is -2.43. The number of benzene rings is 1. The van der Waals surface area contributed by atoms with E-state index in [0.29, 0.717) is 6.04 Å². The number of imidazole rings is 1. The summed E-state index contributed by atoms with van der Waals surface area (Å²) in [5.41, 5.74) is 0.829. The predicted octanol–water partition coefficient (Wildman–Crippen LogP) is 1.50. The van der Waals surface area contributed by atoms with E-state index in [1.165, 1.54) is 0 Å². The van der Waals surface area contributed by atoms with E-state index in [0.717, 1.165) is 50.3 Å². The van der Waals surface area contributed by atoms with Crippen molar-refractivity contribution in [3.8, 4) is 5.75 Å². The molecule has 1 aromatic heterocycles. The average Bonchev–Trinajstić information content (AvgIpc) is 3.28. The maximum Gasteiger partial charge on any atom is 0.231 e. The quantitative estimate of drug-likeness (QED) is 0.896. The molecule has 6 heteroatoms. The second kappa shape index (κ2) is 6.52. The van der Waals surface area contributed by atoms with Crippen LogP contribution in [0.4, 0.5) is 0 Å². The fraction of sp³-hybridized carbons (Fsp3) is 0.474. The van der Waals surface area contributed by atoms with Gasteiger partial charge in [-0.15, -0.1) is 0 Å². The van der Waals surface area contributed by atoms with E-state index in [4.69, 9.17) is 4.74 Å². The number of rotatable bonds is 5. The second-order valence-electron chi connectivity index (χ2n) is 7.12. The first kappa shape index (κ1) is 16.1. The van der Waals surface area contributed by atoms with E-state index in [1.807, 2.05) is 35.6 Å². The molecule has 0 bridgehead atoms. The molecule has 6 nitrogen and oxygen atoms in total. The van der Waals surface area contributed by atoms with Crippen LogP contribution in [0.25, 0.3) is 0 Å². The monoisotopic (exact) mass is 340 g/mol. The van der Waals surface area contributed by atoms with Gasteiger partial charge in [0.15, 0.2) is 0 Å². The molecule has 1 aromatic carbocycles. The molecule has 2 saturated heterocycles. The smallest absolute Gasteiger partial charge is 0.231 e. The van der Waals surface area contributed by atoms with Crippen molar-refractivity contribution in [1.82, 2.24) is 19.8 Å². The summed E-state index contributed by atoms with van der Waals surface area (Å²) in [5, 5.41) is 3.30. The Morgan fingerprint density at radius 3 is 3.00 bits per heavy atom. The van der Waals surface area contributed by atoms with Gasteiger partial charge in [0, 0.05) is 38.6 Å². The van der Waals surface area contributed by atoms with Gasteiger partial charge in [0.05, 0.1) is 24.9 Å². The van der Waals surface area contributed by atoms with Crippen molar-refractivity contribution in [3.05, 3.63) is 48.5 Å². The van der Waals surface area contributed by atoms with Gasteiger partial charge in [-0.05, 0) is 30.5 Å². The molecule has 1 amide bonds. The standard InChI is InChI=1S/C19H24N4O2/c1-25-17-4-2-3-15(9-17)10-19(12-21-13-19)18(24)22-7-5-16(11-22)23-8-6-20-14-23/h2-4,6,8-9,14,16,21H,5,7,10-13H2,1H3. The van der Waals surface area contributed by atoms with Gasteiger partial charge in [0.1, 0.15) is 5.75 Å². The Morgan fingerprint density at radius 1 is 1.44 bits per heavy atom. The van der Waals surface area contributed by atoms with Gasteiger partial charge >= 0.3 is 0 Å². The third-order valence-electron chi connectivity index (χ3n) is 5.45. The summed E-state index contributed by atoms with van der Waals surface area (Å²) in [6.07, 6.45) is 7.36. The van der Waals surface area contributed by atoms with E-state index in [9.17, 15) is 4.79 Å². The van der Waals surface area contributed by atoms with E-state index < -0.39 is 0 Å². The van der Waals surface area contributed by atoms with Gasteiger partial charge < -0.3 is 19.5 Å². The number of ether oxygens (including phenoxy) is 1. The Bertz CT molecular complexity index is 740. The molecule has 1 atom stereocenters. The zero-order chi connectivity index (χ0) is 17.3. The highest BCUT2D eigenvalue weighted by Gasteiger charge is 2.47. The number of likely N-dealkylation sites (tertiary alicyclic amines) is 1. The van der Waals surface area contributed by atoms with Crippen molar-refractivity contribution in [2.45, 2.75) is 18.9 Å². The molecular formula is C19H24N4O2. The largest absolute Gasteiger partial charge is 0.497 e. The van der Waals surface area contributed by atoms with Crippen LogP contribution in [0.15, 0.2) is 43.0 Å². The molecular weight excluding hydrogens is 316 g/mol. The van der Waals surface area contributed by atoms with Crippen molar-refractivity contribution < 1.29 is 9.53 Å². The number of amides is 1. The summed E-state index contributed by atoms with van der Waals surface area (Å²) < 4.78 is 7.43. The highest BCUT2D eigenvalue weighted by Crippen LogP contribution is 2.34. The first-order chi connectivity index (χ1) is 12.2. The van der Waals surface area contributed by atoms with E-state index >= 15 is 0 Å². The Labute approximate surface area is 147 Å². The first-order valence-corrected chi connectivity index (χ1v) is 8.81. The number of carbonyl (C=O) groups excluding carboxylic acids is 1. The van der Waals surface area contributed by atoms with Gasteiger partial charge in [-0.25, -0.2) is 4.98 Å². The Hall–Kier alpha value is -2.34. The summed E-state index contributed by atoms with van der Waals surface area (Å²) in [6, 6.07) is 8.38. The number of aromatic nitrogens is 2. The van der Waals surface area contributed by atoms with Crippen molar-refractivity contribution in [3.63, 3.8) is 0 Å². The Morgan fingerprint density at radius 2 is 2.32 bits per heavy atom. The van der Waals surface area contributed by atoms with Gasteiger partial charge in [0.2, 0.25) is 5.91 Å². The minimum atomic E-state index is -0.323. The van der Waals surface area contributed by atoms with Crippen LogP contribution in [-0.2, 0) is 11.2 Å². The zero-order valence-electron chi connectivity index (χ0n) is 14.5. The maximum atomic E-state index is 13.3. The van der Waals surface area contributed by atoms with Gasteiger partial charge in [-0.2, -0.15) is 0 Å². The van der Waals surface area contributed by atoms with Crippen LogP contribution in [0.1, 0.15) is 18.0 Å². The fourth-order valence-corrected chi connectivity index (χ4v) is 3.94.